The first-order valence-corrected chi connectivity index (χ1v) is 8.06. The number of thiazole rings is 1. The molecular formula is C17H24N2S. The number of likely N-dealkylation sites (N-methyl/N-ethyl adjacent to an activating group) is 1. The standard InChI is InChI=1S/C17H24N2S/c1-6-18-16(17-13(4)19-14(5)20-17)10-15-9-11(2)7-8-12(15)3/h7-9,16,18H,6,10H2,1-5H3. The van der Waals surface area contributed by atoms with Crippen LogP contribution in [0.4, 0.5) is 0 Å². The number of aryl methyl sites for hydroxylation is 4. The van der Waals surface area contributed by atoms with Crippen LogP contribution in [-0.2, 0) is 6.42 Å². The van der Waals surface area contributed by atoms with Gasteiger partial charge in [0.05, 0.1) is 10.7 Å². The van der Waals surface area contributed by atoms with Gasteiger partial charge in [0.15, 0.2) is 0 Å². The van der Waals surface area contributed by atoms with Gasteiger partial charge in [-0.3, -0.25) is 0 Å². The minimum Gasteiger partial charge on any atom is -0.309 e. The van der Waals surface area contributed by atoms with Crippen LogP contribution in [0, 0.1) is 27.7 Å². The third kappa shape index (κ3) is 3.47. The Morgan fingerprint density at radius 3 is 2.55 bits per heavy atom. The van der Waals surface area contributed by atoms with Gasteiger partial charge in [-0.1, -0.05) is 30.7 Å². The molecule has 0 saturated carbocycles. The van der Waals surface area contributed by atoms with Crippen molar-refractivity contribution in [1.29, 1.82) is 0 Å². The Hall–Kier alpha value is -1.19. The Morgan fingerprint density at radius 2 is 1.95 bits per heavy atom. The van der Waals surface area contributed by atoms with Gasteiger partial charge in [0.2, 0.25) is 0 Å². The third-order valence-corrected chi connectivity index (χ3v) is 4.82. The van der Waals surface area contributed by atoms with Crippen molar-refractivity contribution in [3.05, 3.63) is 50.5 Å². The fraction of sp³-hybridized carbons (Fsp3) is 0.471. The lowest BCUT2D eigenvalue weighted by atomic mass is 9.98. The summed E-state index contributed by atoms with van der Waals surface area (Å²) in [5.41, 5.74) is 5.31. The zero-order valence-electron chi connectivity index (χ0n) is 13.1. The fourth-order valence-corrected chi connectivity index (χ4v) is 3.62. The smallest absolute Gasteiger partial charge is 0.0900 e. The summed E-state index contributed by atoms with van der Waals surface area (Å²) in [6.45, 7) is 11.7. The highest BCUT2D eigenvalue weighted by atomic mass is 32.1. The lowest BCUT2D eigenvalue weighted by molar-refractivity contribution is 0.553. The van der Waals surface area contributed by atoms with Gasteiger partial charge >= 0.3 is 0 Å². The first kappa shape index (κ1) is 15.2. The molecule has 0 aliphatic carbocycles. The average molecular weight is 288 g/mol. The van der Waals surface area contributed by atoms with Gasteiger partial charge < -0.3 is 5.32 Å². The summed E-state index contributed by atoms with van der Waals surface area (Å²) in [5, 5.41) is 4.77. The van der Waals surface area contributed by atoms with Crippen LogP contribution in [0.15, 0.2) is 18.2 Å². The van der Waals surface area contributed by atoms with E-state index in [0.29, 0.717) is 6.04 Å². The molecule has 2 nitrogen and oxygen atoms in total. The maximum absolute atomic E-state index is 4.57. The molecule has 1 unspecified atom stereocenters. The van der Waals surface area contributed by atoms with E-state index in [0.717, 1.165) is 18.0 Å². The van der Waals surface area contributed by atoms with Gasteiger partial charge in [-0.2, -0.15) is 0 Å². The monoisotopic (exact) mass is 288 g/mol. The second kappa shape index (κ2) is 6.51. The number of benzene rings is 1. The molecule has 2 aromatic rings. The molecule has 0 radical (unpaired) electrons. The third-order valence-electron chi connectivity index (χ3n) is 3.64. The topological polar surface area (TPSA) is 24.9 Å². The molecule has 0 bridgehead atoms. The van der Waals surface area contributed by atoms with E-state index in [1.165, 1.54) is 27.3 Å². The van der Waals surface area contributed by atoms with Crippen LogP contribution in [0.3, 0.4) is 0 Å². The Balaban J connectivity index is 2.30. The lowest BCUT2D eigenvalue weighted by Crippen LogP contribution is -2.23. The van der Waals surface area contributed by atoms with Gasteiger partial charge in [0, 0.05) is 10.9 Å². The van der Waals surface area contributed by atoms with Crippen molar-refractivity contribution in [1.82, 2.24) is 10.3 Å². The van der Waals surface area contributed by atoms with Crippen LogP contribution in [0.5, 0.6) is 0 Å². The van der Waals surface area contributed by atoms with Gasteiger partial charge in [0.25, 0.3) is 0 Å². The fourth-order valence-electron chi connectivity index (χ4n) is 2.61. The SMILES string of the molecule is CCNC(Cc1cc(C)ccc1C)c1sc(C)nc1C. The van der Waals surface area contributed by atoms with E-state index in [4.69, 9.17) is 0 Å². The molecule has 0 aliphatic rings. The zero-order valence-corrected chi connectivity index (χ0v) is 13.9. The molecule has 1 aromatic heterocycles. The molecule has 0 aliphatic heterocycles. The van der Waals surface area contributed by atoms with Gasteiger partial charge in [0.1, 0.15) is 0 Å². The lowest BCUT2D eigenvalue weighted by Gasteiger charge is -2.19. The zero-order chi connectivity index (χ0) is 14.7. The van der Waals surface area contributed by atoms with Crippen molar-refractivity contribution in [3.63, 3.8) is 0 Å². The van der Waals surface area contributed by atoms with Crippen molar-refractivity contribution in [2.45, 2.75) is 47.1 Å². The molecule has 0 spiro atoms. The minimum absolute atomic E-state index is 0.367. The molecule has 0 saturated heterocycles. The van der Waals surface area contributed by atoms with Crippen molar-refractivity contribution >= 4 is 11.3 Å². The van der Waals surface area contributed by atoms with Crippen molar-refractivity contribution in [2.75, 3.05) is 6.54 Å². The molecule has 1 aromatic carbocycles. The molecule has 0 amide bonds. The van der Waals surface area contributed by atoms with Crippen molar-refractivity contribution in [3.8, 4) is 0 Å². The first-order chi connectivity index (χ1) is 9.51. The molecule has 108 valence electrons. The summed E-state index contributed by atoms with van der Waals surface area (Å²) < 4.78 is 0. The Morgan fingerprint density at radius 1 is 1.20 bits per heavy atom. The number of rotatable bonds is 5. The van der Waals surface area contributed by atoms with E-state index in [9.17, 15) is 0 Å². The summed E-state index contributed by atoms with van der Waals surface area (Å²) >= 11 is 1.82. The molecule has 1 atom stereocenters. The summed E-state index contributed by atoms with van der Waals surface area (Å²) in [6, 6.07) is 7.08. The number of hydrogen-bond donors (Lipinski definition) is 1. The van der Waals surface area contributed by atoms with Gasteiger partial charge in [-0.05, 0) is 51.8 Å². The Labute approximate surface area is 126 Å². The summed E-state index contributed by atoms with van der Waals surface area (Å²) in [5.74, 6) is 0. The maximum atomic E-state index is 4.57. The van der Waals surface area contributed by atoms with Crippen LogP contribution in [0.25, 0.3) is 0 Å². The molecule has 1 heterocycles. The van der Waals surface area contributed by atoms with Gasteiger partial charge in [-0.25, -0.2) is 4.98 Å². The minimum atomic E-state index is 0.367. The number of nitrogens with zero attached hydrogens (tertiary/aromatic N) is 1. The predicted molar refractivity (Wildman–Crippen MR) is 87.6 cm³/mol. The molecule has 1 N–H and O–H groups in total. The maximum Gasteiger partial charge on any atom is 0.0900 e. The molecule has 3 heteroatoms. The average Bonchev–Trinajstić information content (AvgIpc) is 2.72. The predicted octanol–water partition coefficient (Wildman–Crippen LogP) is 4.27. The highest BCUT2D eigenvalue weighted by molar-refractivity contribution is 7.11. The summed E-state index contributed by atoms with van der Waals surface area (Å²) in [6.07, 6.45) is 1.03. The molecule has 0 fully saturated rings. The second-order valence-electron chi connectivity index (χ2n) is 5.43. The summed E-state index contributed by atoms with van der Waals surface area (Å²) in [4.78, 5) is 5.95. The van der Waals surface area contributed by atoms with E-state index in [-0.39, 0.29) is 0 Å². The first-order valence-electron chi connectivity index (χ1n) is 7.24. The van der Waals surface area contributed by atoms with Crippen molar-refractivity contribution < 1.29 is 0 Å². The van der Waals surface area contributed by atoms with E-state index in [1.807, 2.05) is 11.3 Å². The van der Waals surface area contributed by atoms with Crippen LogP contribution >= 0.6 is 11.3 Å². The van der Waals surface area contributed by atoms with Crippen LogP contribution in [-0.4, -0.2) is 11.5 Å². The summed E-state index contributed by atoms with van der Waals surface area (Å²) in [7, 11) is 0. The number of hydrogen-bond acceptors (Lipinski definition) is 3. The van der Waals surface area contributed by atoms with Crippen molar-refractivity contribution in [2.24, 2.45) is 0 Å². The molecular weight excluding hydrogens is 264 g/mol. The number of nitrogens with one attached hydrogen (secondary N) is 1. The van der Waals surface area contributed by atoms with E-state index >= 15 is 0 Å². The van der Waals surface area contributed by atoms with Crippen LogP contribution < -0.4 is 5.32 Å². The van der Waals surface area contributed by atoms with E-state index in [2.05, 4.69) is 63.1 Å². The largest absolute Gasteiger partial charge is 0.309 e. The quantitative estimate of drug-likeness (QED) is 0.888. The Kier molecular flexibility index (Phi) is 4.95. The normalized spacial score (nSPS) is 12.7. The second-order valence-corrected chi connectivity index (χ2v) is 6.66. The van der Waals surface area contributed by atoms with E-state index < -0.39 is 0 Å². The van der Waals surface area contributed by atoms with Crippen LogP contribution in [0.1, 0.15) is 45.2 Å². The van der Waals surface area contributed by atoms with E-state index in [1.54, 1.807) is 0 Å². The highest BCUT2D eigenvalue weighted by Crippen LogP contribution is 2.28. The van der Waals surface area contributed by atoms with Gasteiger partial charge in [-0.15, -0.1) is 11.3 Å². The van der Waals surface area contributed by atoms with Crippen LogP contribution in [0.2, 0.25) is 0 Å². The molecule has 2 rings (SSSR count). The Bertz CT molecular complexity index is 587. The number of aromatic nitrogens is 1. The molecule has 20 heavy (non-hydrogen) atoms. The highest BCUT2D eigenvalue weighted by Gasteiger charge is 2.18.